The summed E-state index contributed by atoms with van der Waals surface area (Å²) in [5.41, 5.74) is 6.05. The first-order chi connectivity index (χ1) is 28.9. The van der Waals surface area contributed by atoms with Crippen LogP contribution >= 0.6 is 0 Å². The molecule has 0 unspecified atom stereocenters. The average molecular weight is 796 g/mol. The number of hydrogen-bond acceptors (Lipinski definition) is 8. The highest BCUT2D eigenvalue weighted by Gasteiger charge is 2.42. The zero-order chi connectivity index (χ0) is 40.7. The van der Waals surface area contributed by atoms with Gasteiger partial charge in [0.2, 0.25) is 0 Å². The number of hydrogen-bond donors (Lipinski definition) is 1. The van der Waals surface area contributed by atoms with Crippen LogP contribution in [0.1, 0.15) is 46.0 Å². The number of nitrogens with one attached hydrogen (secondary N) is 1. The highest BCUT2D eigenvalue weighted by molar-refractivity contribution is 7.90. The predicted molar refractivity (Wildman–Crippen MR) is 230 cm³/mol. The van der Waals surface area contributed by atoms with Gasteiger partial charge in [-0.05, 0) is 74.5 Å². The van der Waals surface area contributed by atoms with Crippen LogP contribution < -0.4 is 9.62 Å². The fourth-order valence-corrected chi connectivity index (χ4v) is 8.60. The number of pyridine rings is 1. The minimum Gasteiger partial charge on any atom is -0.352 e. The monoisotopic (exact) mass is 795 g/mol. The van der Waals surface area contributed by atoms with Crippen molar-refractivity contribution in [1.82, 2.24) is 29.9 Å². The Balaban J connectivity index is 1.14. The van der Waals surface area contributed by atoms with Crippen LogP contribution in [0.4, 0.5) is 5.82 Å². The van der Waals surface area contributed by atoms with Gasteiger partial charge in [0.05, 0.1) is 10.5 Å². The van der Waals surface area contributed by atoms with E-state index in [9.17, 15) is 13.2 Å². The summed E-state index contributed by atoms with van der Waals surface area (Å²) in [7, 11) is -4.09. The Morgan fingerprint density at radius 2 is 1.20 bits per heavy atom. The van der Waals surface area contributed by atoms with Crippen LogP contribution in [0.25, 0.3) is 22.5 Å². The highest BCUT2D eigenvalue weighted by Crippen LogP contribution is 2.43. The third-order valence-electron chi connectivity index (χ3n) is 10.3. The van der Waals surface area contributed by atoms with E-state index in [1.807, 2.05) is 89.3 Å². The summed E-state index contributed by atoms with van der Waals surface area (Å²) in [5.74, 6) is 0.254. The van der Waals surface area contributed by atoms with Crippen molar-refractivity contribution in [1.29, 1.82) is 0 Å². The van der Waals surface area contributed by atoms with Crippen LogP contribution in [0.15, 0.2) is 193 Å². The molecule has 10 nitrogen and oxygen atoms in total. The number of anilines is 1. The van der Waals surface area contributed by atoms with Gasteiger partial charge in [-0.3, -0.25) is 4.79 Å². The molecule has 2 heterocycles. The van der Waals surface area contributed by atoms with E-state index in [1.54, 1.807) is 36.5 Å². The summed E-state index contributed by atoms with van der Waals surface area (Å²) in [6.45, 7) is 3.07. The molecular weight excluding hydrogens is 755 g/mol. The van der Waals surface area contributed by atoms with E-state index in [-0.39, 0.29) is 10.5 Å². The van der Waals surface area contributed by atoms with E-state index in [1.165, 1.54) is 12.1 Å². The Labute approximate surface area is 343 Å². The molecule has 0 saturated carbocycles. The molecule has 0 fully saturated rings. The van der Waals surface area contributed by atoms with Crippen molar-refractivity contribution < 1.29 is 13.2 Å². The molecule has 6 aromatic carbocycles. The summed E-state index contributed by atoms with van der Waals surface area (Å²) in [6, 6.07) is 58.4. The van der Waals surface area contributed by atoms with Crippen LogP contribution in [0, 0.1) is 0 Å². The lowest BCUT2D eigenvalue weighted by Gasteiger charge is -2.36. The molecule has 8 aromatic rings. The maximum atomic E-state index is 13.5. The second-order valence-electron chi connectivity index (χ2n) is 14.0. The number of rotatable bonds is 14. The predicted octanol–water partition coefficient (Wildman–Crippen LogP) is 8.78. The van der Waals surface area contributed by atoms with Gasteiger partial charge in [0.15, 0.2) is 5.82 Å². The second kappa shape index (κ2) is 17.1. The maximum absolute atomic E-state index is 13.5. The Morgan fingerprint density at radius 1 is 0.661 bits per heavy atom. The van der Waals surface area contributed by atoms with Crippen molar-refractivity contribution >= 4 is 21.7 Å². The van der Waals surface area contributed by atoms with Crippen molar-refractivity contribution in [2.45, 2.75) is 30.3 Å². The number of tetrazole rings is 1. The zero-order valence-corrected chi connectivity index (χ0v) is 33.2. The van der Waals surface area contributed by atoms with Gasteiger partial charge in [0, 0.05) is 24.8 Å². The van der Waals surface area contributed by atoms with E-state index in [0.29, 0.717) is 24.7 Å². The Bertz CT molecular complexity index is 2670. The van der Waals surface area contributed by atoms with E-state index in [4.69, 9.17) is 10.3 Å². The summed E-state index contributed by atoms with van der Waals surface area (Å²) >= 11 is 0. The molecule has 0 aliphatic rings. The molecule has 59 heavy (non-hydrogen) atoms. The molecule has 0 aliphatic heterocycles. The summed E-state index contributed by atoms with van der Waals surface area (Å²) in [5, 5.41) is 13.8. The van der Waals surface area contributed by atoms with E-state index in [0.717, 1.165) is 45.4 Å². The summed E-state index contributed by atoms with van der Waals surface area (Å²) < 4.78 is 30.3. The topological polar surface area (TPSA) is 123 Å². The number of aromatic nitrogens is 5. The number of carbonyl (C=O) groups is 1. The fourth-order valence-electron chi connectivity index (χ4n) is 7.62. The number of benzene rings is 6. The van der Waals surface area contributed by atoms with Gasteiger partial charge in [-0.15, -0.1) is 5.10 Å². The standard InChI is InChI=1S/C48H41N7O3S/c1-2-34-54(45-44(28-17-33-49-45)47(56)51-59(57,58)41-24-13-6-14-25-41)35-36-29-31-37(32-30-36)42-26-15-16-27-43(42)46-50-52-53-55(46)48(38-18-7-3-8-19-38,39-20-9-4-10-21-39)40-22-11-5-12-23-40/h3-33H,2,34-35H2,1H3,(H,51,56). The molecule has 292 valence electrons. The van der Waals surface area contributed by atoms with Crippen LogP contribution in [0.2, 0.25) is 0 Å². The number of amides is 1. The minimum absolute atomic E-state index is 0.00488. The fraction of sp³-hybridized carbons (Fsp3) is 0.104. The maximum Gasteiger partial charge on any atom is 0.268 e. The molecule has 1 amide bonds. The van der Waals surface area contributed by atoms with Gasteiger partial charge >= 0.3 is 0 Å². The quantitative estimate of drug-likeness (QED) is 0.108. The van der Waals surface area contributed by atoms with E-state index in [2.05, 4.69) is 81.6 Å². The van der Waals surface area contributed by atoms with E-state index < -0.39 is 21.5 Å². The molecule has 11 heteroatoms. The molecule has 0 saturated heterocycles. The van der Waals surface area contributed by atoms with Crippen molar-refractivity contribution in [2.24, 2.45) is 0 Å². The van der Waals surface area contributed by atoms with Crippen molar-refractivity contribution in [3.05, 3.63) is 216 Å². The summed E-state index contributed by atoms with van der Waals surface area (Å²) in [6.07, 6.45) is 2.38. The van der Waals surface area contributed by atoms with Gasteiger partial charge in [-0.25, -0.2) is 22.8 Å². The van der Waals surface area contributed by atoms with Crippen molar-refractivity contribution in [3.63, 3.8) is 0 Å². The average Bonchev–Trinajstić information content (AvgIpc) is 3.78. The first-order valence-corrected chi connectivity index (χ1v) is 20.8. The Hall–Kier alpha value is -7.24. The molecule has 2 aromatic heterocycles. The Morgan fingerprint density at radius 3 is 1.78 bits per heavy atom. The first-order valence-electron chi connectivity index (χ1n) is 19.4. The van der Waals surface area contributed by atoms with Gasteiger partial charge < -0.3 is 4.90 Å². The lowest BCUT2D eigenvalue weighted by Crippen LogP contribution is -2.39. The molecular formula is C48H41N7O3S. The van der Waals surface area contributed by atoms with Gasteiger partial charge in [0.1, 0.15) is 11.4 Å². The van der Waals surface area contributed by atoms with Crippen LogP contribution in [-0.2, 0) is 22.1 Å². The SMILES string of the molecule is CCCN(Cc1ccc(-c2ccccc2-c2nnnn2C(c2ccccc2)(c2ccccc2)c2ccccc2)cc1)c1ncccc1C(=O)NS(=O)(=O)c1ccccc1. The first kappa shape index (κ1) is 38.6. The molecule has 0 bridgehead atoms. The second-order valence-corrected chi connectivity index (χ2v) is 15.7. The lowest BCUT2D eigenvalue weighted by atomic mass is 9.77. The molecule has 0 aliphatic carbocycles. The van der Waals surface area contributed by atoms with Crippen LogP contribution in [0.3, 0.4) is 0 Å². The van der Waals surface area contributed by atoms with Gasteiger partial charge in [-0.2, -0.15) is 0 Å². The van der Waals surface area contributed by atoms with Gasteiger partial charge in [0.25, 0.3) is 15.9 Å². The molecule has 0 spiro atoms. The normalized spacial score (nSPS) is 11.5. The smallest absolute Gasteiger partial charge is 0.268 e. The largest absolute Gasteiger partial charge is 0.352 e. The highest BCUT2D eigenvalue weighted by atomic mass is 32.2. The lowest BCUT2D eigenvalue weighted by molar-refractivity contribution is 0.0981. The van der Waals surface area contributed by atoms with Crippen LogP contribution in [0.5, 0.6) is 0 Å². The van der Waals surface area contributed by atoms with Crippen LogP contribution in [-0.4, -0.2) is 46.1 Å². The van der Waals surface area contributed by atoms with Gasteiger partial charge in [-0.1, -0.05) is 165 Å². The number of sulfonamides is 1. The molecule has 8 rings (SSSR count). The third-order valence-corrected chi connectivity index (χ3v) is 11.6. The summed E-state index contributed by atoms with van der Waals surface area (Å²) in [4.78, 5) is 20.1. The third kappa shape index (κ3) is 7.75. The van der Waals surface area contributed by atoms with Crippen molar-refractivity contribution in [3.8, 4) is 22.5 Å². The number of nitrogens with zero attached hydrogens (tertiary/aromatic N) is 6. The number of carbonyl (C=O) groups excluding carboxylic acids is 1. The zero-order valence-electron chi connectivity index (χ0n) is 32.3. The minimum atomic E-state index is -4.09. The molecule has 0 radical (unpaired) electrons. The van der Waals surface area contributed by atoms with E-state index >= 15 is 0 Å². The van der Waals surface area contributed by atoms with Crippen molar-refractivity contribution in [2.75, 3.05) is 11.4 Å². The molecule has 0 atom stereocenters. The molecule has 1 N–H and O–H groups in total. The Kier molecular flexibility index (Phi) is 11.2.